The number of hydrazone groups is 1. The zero-order chi connectivity index (χ0) is 14.3. The van der Waals surface area contributed by atoms with Crippen molar-refractivity contribution in [3.05, 3.63) is 23.8 Å². The molecular weight excluding hydrogens is 258 g/mol. The molecule has 1 N–H and O–H groups in total. The van der Waals surface area contributed by atoms with Crippen LogP contribution in [0.1, 0.15) is 25.3 Å². The maximum Gasteiger partial charge on any atom is 0.267 e. The predicted octanol–water partition coefficient (Wildman–Crippen LogP) is 1.04. The highest BCUT2D eigenvalue weighted by Gasteiger charge is 2.29. The van der Waals surface area contributed by atoms with Gasteiger partial charge in [0.25, 0.3) is 5.91 Å². The van der Waals surface area contributed by atoms with E-state index in [-0.39, 0.29) is 11.8 Å². The molecule has 0 saturated carbocycles. The van der Waals surface area contributed by atoms with Crippen molar-refractivity contribution in [2.24, 2.45) is 5.10 Å². The molecule has 3 rings (SSSR count). The fourth-order valence-corrected chi connectivity index (χ4v) is 2.37. The number of carbonyl (C=O) groups is 2. The van der Waals surface area contributed by atoms with E-state index < -0.39 is 6.10 Å². The highest BCUT2D eigenvalue weighted by molar-refractivity contribution is 6.06. The zero-order valence-corrected chi connectivity index (χ0v) is 11.3. The van der Waals surface area contributed by atoms with Crippen LogP contribution < -0.4 is 15.1 Å². The molecule has 0 unspecified atom stereocenters. The van der Waals surface area contributed by atoms with E-state index in [0.29, 0.717) is 18.6 Å². The maximum atomic E-state index is 11.9. The molecule has 0 spiro atoms. The molecule has 1 aromatic rings. The number of likely N-dealkylation sites (N-methyl/N-ethyl adjacent to an activating group) is 1. The Labute approximate surface area is 116 Å². The molecule has 6 nitrogen and oxygen atoms in total. The van der Waals surface area contributed by atoms with E-state index in [1.54, 1.807) is 18.9 Å². The topological polar surface area (TPSA) is 71.0 Å². The fraction of sp³-hybridized carbons (Fsp3) is 0.357. The summed E-state index contributed by atoms with van der Waals surface area (Å²) in [6.45, 7) is 1.73. The van der Waals surface area contributed by atoms with Crippen molar-refractivity contribution in [2.75, 3.05) is 11.9 Å². The number of rotatable bonds is 1. The van der Waals surface area contributed by atoms with Gasteiger partial charge in [0.05, 0.1) is 11.4 Å². The van der Waals surface area contributed by atoms with Crippen molar-refractivity contribution in [3.63, 3.8) is 0 Å². The lowest BCUT2D eigenvalue weighted by molar-refractivity contribution is -0.125. The van der Waals surface area contributed by atoms with Crippen LogP contribution in [0.25, 0.3) is 0 Å². The third-order valence-corrected chi connectivity index (χ3v) is 3.54. The van der Waals surface area contributed by atoms with Crippen LogP contribution in [0.2, 0.25) is 0 Å². The first-order valence-electron chi connectivity index (χ1n) is 6.50. The summed E-state index contributed by atoms with van der Waals surface area (Å²) in [5.41, 5.74) is 4.90. The lowest BCUT2D eigenvalue weighted by Gasteiger charge is -2.30. The minimum absolute atomic E-state index is 0.0730. The summed E-state index contributed by atoms with van der Waals surface area (Å²) < 4.78 is 5.57. The van der Waals surface area contributed by atoms with Gasteiger partial charge >= 0.3 is 0 Å². The Hall–Kier alpha value is -2.37. The van der Waals surface area contributed by atoms with Crippen LogP contribution in [-0.2, 0) is 9.59 Å². The van der Waals surface area contributed by atoms with Gasteiger partial charge in [0, 0.05) is 25.5 Å². The summed E-state index contributed by atoms with van der Waals surface area (Å²) in [6, 6.07) is 5.60. The molecule has 6 heteroatoms. The van der Waals surface area contributed by atoms with Crippen LogP contribution in [-0.4, -0.2) is 30.7 Å². The first kappa shape index (κ1) is 12.7. The molecule has 0 radical (unpaired) electrons. The quantitative estimate of drug-likeness (QED) is 0.831. The third kappa shape index (κ3) is 2.03. The number of hydrogen-bond donors (Lipinski definition) is 1. The summed E-state index contributed by atoms with van der Waals surface area (Å²) in [7, 11) is 1.73. The largest absolute Gasteiger partial charge is 0.479 e. The summed E-state index contributed by atoms with van der Waals surface area (Å²) in [5, 5.41) is 4.06. The van der Waals surface area contributed by atoms with Gasteiger partial charge in [0.1, 0.15) is 5.75 Å². The molecule has 0 aliphatic carbocycles. The highest BCUT2D eigenvalue weighted by Crippen LogP contribution is 2.34. The Kier molecular flexibility index (Phi) is 2.93. The molecule has 20 heavy (non-hydrogen) atoms. The first-order valence-corrected chi connectivity index (χ1v) is 6.50. The molecular formula is C14H15N3O3. The van der Waals surface area contributed by atoms with Crippen LogP contribution in [0.15, 0.2) is 23.3 Å². The van der Waals surface area contributed by atoms with Gasteiger partial charge in [-0.05, 0) is 25.1 Å². The number of nitrogens with one attached hydrogen (secondary N) is 1. The van der Waals surface area contributed by atoms with Crippen LogP contribution in [0.5, 0.6) is 5.75 Å². The SMILES string of the molecule is C[C@H]1Oc2ccc(C3=NNC(=O)CC3)cc2N(C)C1=O. The second-order valence-electron chi connectivity index (χ2n) is 4.93. The van der Waals surface area contributed by atoms with Crippen molar-refractivity contribution in [1.82, 2.24) is 5.43 Å². The number of ether oxygens (including phenoxy) is 1. The molecule has 1 atom stereocenters. The number of nitrogens with zero attached hydrogens (tertiary/aromatic N) is 2. The second-order valence-corrected chi connectivity index (χ2v) is 4.93. The zero-order valence-electron chi connectivity index (χ0n) is 11.3. The van der Waals surface area contributed by atoms with Crippen molar-refractivity contribution >= 4 is 23.2 Å². The average molecular weight is 273 g/mol. The second kappa shape index (κ2) is 4.63. The van der Waals surface area contributed by atoms with E-state index in [1.807, 2.05) is 18.2 Å². The van der Waals surface area contributed by atoms with Gasteiger partial charge in [-0.3, -0.25) is 9.59 Å². The molecule has 104 valence electrons. The molecule has 2 aliphatic heterocycles. The van der Waals surface area contributed by atoms with Gasteiger partial charge in [-0.15, -0.1) is 0 Å². The Balaban J connectivity index is 1.97. The summed E-state index contributed by atoms with van der Waals surface area (Å²) in [5.74, 6) is 0.536. The van der Waals surface area contributed by atoms with E-state index in [9.17, 15) is 9.59 Å². The third-order valence-electron chi connectivity index (χ3n) is 3.54. The Bertz CT molecular complexity index is 624. The number of benzene rings is 1. The van der Waals surface area contributed by atoms with Crippen molar-refractivity contribution in [1.29, 1.82) is 0 Å². The maximum absolute atomic E-state index is 11.9. The van der Waals surface area contributed by atoms with E-state index in [2.05, 4.69) is 10.5 Å². The molecule has 0 aromatic heterocycles. The Morgan fingerprint density at radius 2 is 2.15 bits per heavy atom. The standard InChI is InChI=1S/C14H15N3O3/c1-8-14(19)17(2)11-7-9(3-5-12(11)20-8)10-4-6-13(18)16-15-10/h3,5,7-8H,4,6H2,1-2H3,(H,16,18)/t8-/m1/s1. The Morgan fingerprint density at radius 1 is 1.35 bits per heavy atom. The monoisotopic (exact) mass is 273 g/mol. The number of fused-ring (bicyclic) bond motifs is 1. The number of hydrogen-bond acceptors (Lipinski definition) is 4. The van der Waals surface area contributed by atoms with Crippen LogP contribution >= 0.6 is 0 Å². The fourth-order valence-electron chi connectivity index (χ4n) is 2.37. The van der Waals surface area contributed by atoms with Gasteiger partial charge in [0.2, 0.25) is 5.91 Å². The van der Waals surface area contributed by atoms with Crippen molar-refractivity contribution < 1.29 is 14.3 Å². The molecule has 0 bridgehead atoms. The minimum Gasteiger partial charge on any atom is -0.479 e. The Morgan fingerprint density at radius 3 is 2.85 bits per heavy atom. The van der Waals surface area contributed by atoms with E-state index in [1.165, 1.54) is 0 Å². The van der Waals surface area contributed by atoms with Crippen molar-refractivity contribution in [3.8, 4) is 5.75 Å². The molecule has 2 aliphatic rings. The van der Waals surface area contributed by atoms with Gasteiger partial charge in [-0.25, -0.2) is 5.43 Å². The number of amides is 2. The summed E-state index contributed by atoms with van der Waals surface area (Å²) >= 11 is 0. The van der Waals surface area contributed by atoms with E-state index in [4.69, 9.17) is 4.74 Å². The van der Waals surface area contributed by atoms with E-state index in [0.717, 1.165) is 17.0 Å². The first-order chi connectivity index (χ1) is 9.56. The van der Waals surface area contributed by atoms with Crippen LogP contribution in [0.4, 0.5) is 5.69 Å². The molecule has 2 heterocycles. The molecule has 2 amide bonds. The lowest BCUT2D eigenvalue weighted by Crippen LogP contribution is -2.42. The summed E-state index contributed by atoms with van der Waals surface area (Å²) in [6.07, 6.45) is 0.558. The number of anilines is 1. The molecule has 0 saturated heterocycles. The predicted molar refractivity (Wildman–Crippen MR) is 73.9 cm³/mol. The minimum atomic E-state index is -0.468. The van der Waals surface area contributed by atoms with Gasteiger partial charge in [0.15, 0.2) is 6.10 Å². The average Bonchev–Trinajstić information content (AvgIpc) is 2.46. The van der Waals surface area contributed by atoms with Gasteiger partial charge in [-0.1, -0.05) is 0 Å². The summed E-state index contributed by atoms with van der Waals surface area (Å²) in [4.78, 5) is 24.6. The highest BCUT2D eigenvalue weighted by atomic mass is 16.5. The van der Waals surface area contributed by atoms with Gasteiger partial charge < -0.3 is 9.64 Å². The smallest absolute Gasteiger partial charge is 0.267 e. The molecule has 0 fully saturated rings. The van der Waals surface area contributed by atoms with Gasteiger partial charge in [-0.2, -0.15) is 5.10 Å². The normalized spacial score (nSPS) is 21.8. The van der Waals surface area contributed by atoms with E-state index >= 15 is 0 Å². The van der Waals surface area contributed by atoms with Crippen LogP contribution in [0, 0.1) is 0 Å². The molecule has 1 aromatic carbocycles. The van der Waals surface area contributed by atoms with Crippen molar-refractivity contribution in [2.45, 2.75) is 25.9 Å². The lowest BCUT2D eigenvalue weighted by atomic mass is 10.0. The number of carbonyl (C=O) groups excluding carboxylic acids is 2. The van der Waals surface area contributed by atoms with Crippen LogP contribution in [0.3, 0.4) is 0 Å².